The Bertz CT molecular complexity index is 599. The number of thioether (sulfide) groups is 1. The fourth-order valence-corrected chi connectivity index (χ4v) is 5.63. The van der Waals surface area contributed by atoms with E-state index in [2.05, 4.69) is 23.8 Å². The van der Waals surface area contributed by atoms with Gasteiger partial charge in [-0.2, -0.15) is 11.3 Å². The lowest BCUT2D eigenvalue weighted by Crippen LogP contribution is -2.51. The largest absolute Gasteiger partial charge is 0.334 e. The first-order valence-corrected chi connectivity index (χ1v) is 9.79. The Balaban J connectivity index is 1.55. The van der Waals surface area contributed by atoms with Gasteiger partial charge >= 0.3 is 0 Å². The van der Waals surface area contributed by atoms with Gasteiger partial charge in [0.1, 0.15) is 6.04 Å². The van der Waals surface area contributed by atoms with Crippen LogP contribution >= 0.6 is 23.1 Å². The molecule has 1 aliphatic carbocycles. The van der Waals surface area contributed by atoms with Crippen LogP contribution in [0.15, 0.2) is 16.8 Å². The van der Waals surface area contributed by atoms with Crippen molar-refractivity contribution in [3.63, 3.8) is 0 Å². The number of hydrogen-bond donors (Lipinski definition) is 0. The van der Waals surface area contributed by atoms with Gasteiger partial charge in [0.2, 0.25) is 11.8 Å². The molecule has 1 saturated carbocycles. The smallest absolute Gasteiger partial charge is 0.246 e. The first-order valence-electron chi connectivity index (χ1n) is 7.86. The van der Waals surface area contributed by atoms with Crippen LogP contribution in [0.2, 0.25) is 0 Å². The monoisotopic (exact) mass is 336 g/mol. The molecule has 118 valence electrons. The third-order valence-electron chi connectivity index (χ3n) is 4.93. The molecule has 0 spiro atoms. The van der Waals surface area contributed by atoms with Crippen molar-refractivity contribution < 1.29 is 9.59 Å². The molecule has 0 radical (unpaired) electrons. The highest BCUT2D eigenvalue weighted by molar-refractivity contribution is 8.01. The maximum absolute atomic E-state index is 13.1. The topological polar surface area (TPSA) is 40.6 Å². The summed E-state index contributed by atoms with van der Waals surface area (Å²) in [5.41, 5.74) is 1.20. The highest BCUT2D eigenvalue weighted by atomic mass is 32.2. The second-order valence-electron chi connectivity index (χ2n) is 6.59. The standard InChI is InChI=1S/C16H20N2O2S2/c1-16-6-4-14(19)18(16)13(10-22-16)15(20)17(12-2-3-12)8-11-5-7-21-9-11/h5,7,9,12-13H,2-4,6,8,10H2,1H3/t13-,16+/m0/s1. The fourth-order valence-electron chi connectivity index (χ4n) is 3.55. The maximum atomic E-state index is 13.1. The number of carbonyl (C=O) groups is 2. The van der Waals surface area contributed by atoms with Crippen molar-refractivity contribution in [2.75, 3.05) is 5.75 Å². The number of nitrogens with zero attached hydrogens (tertiary/aromatic N) is 2. The molecule has 3 heterocycles. The minimum Gasteiger partial charge on any atom is -0.334 e. The van der Waals surface area contributed by atoms with Crippen LogP contribution in [-0.2, 0) is 16.1 Å². The predicted octanol–water partition coefficient (Wildman–Crippen LogP) is 2.69. The molecular weight excluding hydrogens is 316 g/mol. The Hall–Kier alpha value is -1.01. The summed E-state index contributed by atoms with van der Waals surface area (Å²) in [5, 5.41) is 4.16. The summed E-state index contributed by atoms with van der Waals surface area (Å²) >= 11 is 3.44. The molecule has 2 saturated heterocycles. The highest BCUT2D eigenvalue weighted by Gasteiger charge is 2.54. The minimum absolute atomic E-state index is 0.150. The van der Waals surface area contributed by atoms with Crippen LogP contribution < -0.4 is 0 Å². The molecule has 0 aromatic carbocycles. The van der Waals surface area contributed by atoms with Crippen LogP contribution in [0.3, 0.4) is 0 Å². The van der Waals surface area contributed by atoms with Gasteiger partial charge in [-0.3, -0.25) is 9.59 Å². The molecule has 2 atom stereocenters. The molecule has 4 nitrogen and oxygen atoms in total. The minimum atomic E-state index is -0.260. The van der Waals surface area contributed by atoms with Gasteiger partial charge < -0.3 is 9.80 Å². The summed E-state index contributed by atoms with van der Waals surface area (Å²) in [6.45, 7) is 2.79. The molecule has 1 aromatic rings. The lowest BCUT2D eigenvalue weighted by Gasteiger charge is -2.33. The van der Waals surface area contributed by atoms with Crippen molar-refractivity contribution in [1.82, 2.24) is 9.80 Å². The van der Waals surface area contributed by atoms with E-state index in [0.29, 0.717) is 19.0 Å². The molecule has 0 bridgehead atoms. The average Bonchev–Trinajstić information content (AvgIpc) is 2.96. The van der Waals surface area contributed by atoms with E-state index in [9.17, 15) is 9.59 Å². The van der Waals surface area contributed by atoms with Crippen molar-refractivity contribution in [2.24, 2.45) is 0 Å². The number of hydrogen-bond acceptors (Lipinski definition) is 4. The van der Waals surface area contributed by atoms with E-state index in [1.807, 2.05) is 9.80 Å². The van der Waals surface area contributed by atoms with Gasteiger partial charge in [-0.25, -0.2) is 0 Å². The summed E-state index contributed by atoms with van der Waals surface area (Å²) in [7, 11) is 0. The van der Waals surface area contributed by atoms with Crippen LogP contribution in [0, 0.1) is 0 Å². The zero-order chi connectivity index (χ0) is 15.3. The lowest BCUT2D eigenvalue weighted by molar-refractivity contribution is -0.144. The van der Waals surface area contributed by atoms with Crippen LogP contribution in [0.1, 0.15) is 38.2 Å². The molecular formula is C16H20N2O2S2. The molecule has 3 fully saturated rings. The third-order valence-corrected chi connectivity index (χ3v) is 7.17. The van der Waals surface area contributed by atoms with Gasteiger partial charge in [-0.1, -0.05) is 0 Å². The first kappa shape index (κ1) is 14.6. The van der Waals surface area contributed by atoms with E-state index in [1.54, 1.807) is 23.1 Å². The summed E-state index contributed by atoms with van der Waals surface area (Å²) in [6, 6.07) is 2.20. The second kappa shape index (κ2) is 5.27. The summed E-state index contributed by atoms with van der Waals surface area (Å²) in [5.74, 6) is 1.05. The number of rotatable bonds is 4. The van der Waals surface area contributed by atoms with Crippen LogP contribution in [0.25, 0.3) is 0 Å². The quantitative estimate of drug-likeness (QED) is 0.849. The molecule has 22 heavy (non-hydrogen) atoms. The molecule has 0 unspecified atom stereocenters. The normalized spacial score (nSPS) is 30.7. The van der Waals surface area contributed by atoms with E-state index in [-0.39, 0.29) is 22.7 Å². The molecule has 3 aliphatic rings. The number of carbonyl (C=O) groups excluding carboxylic acids is 2. The van der Waals surface area contributed by atoms with Gasteiger partial charge in [0.25, 0.3) is 0 Å². The zero-order valence-corrected chi connectivity index (χ0v) is 14.3. The van der Waals surface area contributed by atoms with Gasteiger partial charge in [0, 0.05) is 24.8 Å². The Morgan fingerprint density at radius 1 is 1.50 bits per heavy atom. The first-order chi connectivity index (χ1) is 10.6. The highest BCUT2D eigenvalue weighted by Crippen LogP contribution is 2.48. The maximum Gasteiger partial charge on any atom is 0.246 e. The Labute approximate surface area is 138 Å². The Morgan fingerprint density at radius 2 is 2.32 bits per heavy atom. The van der Waals surface area contributed by atoms with Crippen LogP contribution in [-0.4, -0.2) is 44.3 Å². The van der Waals surface area contributed by atoms with Gasteiger partial charge in [-0.15, -0.1) is 11.8 Å². The predicted molar refractivity (Wildman–Crippen MR) is 88.6 cm³/mol. The summed E-state index contributed by atoms with van der Waals surface area (Å²) in [6.07, 6.45) is 3.65. The number of thiophene rings is 1. The van der Waals surface area contributed by atoms with Crippen LogP contribution in [0.5, 0.6) is 0 Å². The summed E-state index contributed by atoms with van der Waals surface area (Å²) < 4.78 is 0. The Morgan fingerprint density at radius 3 is 3.00 bits per heavy atom. The van der Waals surface area contributed by atoms with Gasteiger partial charge in [-0.05, 0) is 48.6 Å². The van der Waals surface area contributed by atoms with E-state index in [1.165, 1.54) is 5.56 Å². The van der Waals surface area contributed by atoms with Gasteiger partial charge in [0.05, 0.1) is 4.87 Å². The van der Waals surface area contributed by atoms with Crippen molar-refractivity contribution >= 4 is 34.9 Å². The van der Waals surface area contributed by atoms with E-state index in [0.717, 1.165) is 25.0 Å². The lowest BCUT2D eigenvalue weighted by atomic mass is 10.2. The molecule has 4 rings (SSSR count). The molecule has 6 heteroatoms. The van der Waals surface area contributed by atoms with Crippen LogP contribution in [0.4, 0.5) is 0 Å². The van der Waals surface area contributed by atoms with Gasteiger partial charge in [0.15, 0.2) is 0 Å². The third kappa shape index (κ3) is 2.36. The van der Waals surface area contributed by atoms with Crippen molar-refractivity contribution in [2.45, 2.75) is 56.1 Å². The van der Waals surface area contributed by atoms with E-state index < -0.39 is 0 Å². The molecule has 2 aliphatic heterocycles. The average molecular weight is 336 g/mol. The SMILES string of the molecule is C[C@@]12CCC(=O)N1[C@H](C(=O)N(Cc1ccsc1)C1CC1)CS2. The Kier molecular flexibility index (Phi) is 3.49. The van der Waals surface area contributed by atoms with Crippen molar-refractivity contribution in [1.29, 1.82) is 0 Å². The summed E-state index contributed by atoms with van der Waals surface area (Å²) in [4.78, 5) is 29.1. The number of amides is 2. The van der Waals surface area contributed by atoms with Crippen molar-refractivity contribution in [3.8, 4) is 0 Å². The molecule has 0 N–H and O–H groups in total. The second-order valence-corrected chi connectivity index (χ2v) is 8.88. The fraction of sp³-hybridized carbons (Fsp3) is 0.625. The zero-order valence-electron chi connectivity index (χ0n) is 12.7. The number of fused-ring (bicyclic) bond motifs is 1. The molecule has 2 amide bonds. The molecule has 1 aromatic heterocycles. The van der Waals surface area contributed by atoms with Crippen molar-refractivity contribution in [3.05, 3.63) is 22.4 Å². The van der Waals surface area contributed by atoms with E-state index >= 15 is 0 Å². The van der Waals surface area contributed by atoms with E-state index in [4.69, 9.17) is 0 Å².